The first-order valence-electron chi connectivity index (χ1n) is 13.6. The van der Waals surface area contributed by atoms with Crippen molar-refractivity contribution in [2.45, 2.75) is 51.2 Å². The van der Waals surface area contributed by atoms with Gasteiger partial charge in [0, 0.05) is 40.7 Å². The van der Waals surface area contributed by atoms with Gasteiger partial charge in [0.25, 0.3) is 0 Å². The first-order valence-corrected chi connectivity index (χ1v) is 13.6. The van der Waals surface area contributed by atoms with E-state index in [-0.39, 0.29) is 35.5 Å². The number of aliphatic hydroxyl groups excluding tert-OH is 1. The molecule has 4 heterocycles. The highest BCUT2D eigenvalue weighted by Gasteiger charge is 2.66. The molecule has 6 nitrogen and oxygen atoms in total. The van der Waals surface area contributed by atoms with Crippen LogP contribution in [0.3, 0.4) is 0 Å². The van der Waals surface area contributed by atoms with E-state index in [0.717, 1.165) is 22.0 Å². The number of aromatic nitrogens is 2. The van der Waals surface area contributed by atoms with Crippen molar-refractivity contribution in [3.8, 4) is 0 Å². The molecule has 2 aliphatic heterocycles. The highest BCUT2D eigenvalue weighted by atomic mass is 16.3. The number of hydrogen-bond acceptors (Lipinski definition) is 3. The number of ketones is 1. The molecule has 1 amide bonds. The number of carbonyl (C=O) groups excluding carboxylic acids is 2. The molecule has 1 unspecified atom stereocenters. The predicted octanol–water partition coefficient (Wildman–Crippen LogP) is 5.00. The number of para-hydroxylation sites is 1. The molecule has 1 saturated carbocycles. The Balaban J connectivity index is 1.53. The molecule has 1 aliphatic carbocycles. The van der Waals surface area contributed by atoms with Crippen LogP contribution in [0.2, 0.25) is 0 Å². The normalized spacial score (nSPS) is 35.5. The molecule has 2 fully saturated rings. The number of aliphatic hydroxyl groups is 1. The molecule has 1 spiro atoms. The number of hydrogen-bond donors (Lipinski definition) is 4. The van der Waals surface area contributed by atoms with E-state index in [0.29, 0.717) is 29.8 Å². The number of allylic oxidation sites excluding steroid dienone is 3. The van der Waals surface area contributed by atoms with Crippen molar-refractivity contribution >= 4 is 22.6 Å². The minimum absolute atomic E-state index is 0.0697. The standard InChI is InChI=1S/C32H35N3O3/c1-17-8-7-10-23-30(37)20(4)19(3)28-26(15-21-16-33-24-11-6-5-9-22(21)24)35-31(38)32(23,28)27-13-12-25(34-27)29(36)18(2)14-17/h5-7,9-14,16-17,19,23,26,28,30,33-34,37H,4,8,15H2,1-3H3,(H,35,38)/b10-7+,18-14+/t17?,19-,23+,26+,28+,30-,32-/m1/s1. The molecular weight excluding hydrogens is 474 g/mol. The Hall–Kier alpha value is -3.64. The van der Waals surface area contributed by atoms with Crippen molar-refractivity contribution < 1.29 is 14.7 Å². The van der Waals surface area contributed by atoms with Crippen molar-refractivity contribution in [3.05, 3.63) is 95.5 Å². The summed E-state index contributed by atoms with van der Waals surface area (Å²) < 4.78 is 0. The second-order valence-corrected chi connectivity index (χ2v) is 11.5. The van der Waals surface area contributed by atoms with E-state index in [1.54, 1.807) is 6.07 Å². The van der Waals surface area contributed by atoms with Crippen LogP contribution >= 0.6 is 0 Å². The first-order chi connectivity index (χ1) is 18.2. The third-order valence-corrected chi connectivity index (χ3v) is 9.26. The first kappa shape index (κ1) is 24.7. The number of fused-ring (bicyclic) bond motifs is 3. The topological polar surface area (TPSA) is 98.0 Å². The van der Waals surface area contributed by atoms with Gasteiger partial charge in [-0.2, -0.15) is 0 Å². The maximum absolute atomic E-state index is 14.3. The fraction of sp³-hybridized carbons (Fsp3) is 0.375. The molecule has 7 atom stereocenters. The molecule has 1 saturated heterocycles. The largest absolute Gasteiger partial charge is 0.388 e. The fourth-order valence-corrected chi connectivity index (χ4v) is 7.39. The van der Waals surface area contributed by atoms with E-state index < -0.39 is 17.4 Å². The molecule has 3 aromatic rings. The van der Waals surface area contributed by atoms with Gasteiger partial charge in [0.1, 0.15) is 5.41 Å². The average molecular weight is 510 g/mol. The van der Waals surface area contributed by atoms with E-state index in [1.807, 2.05) is 43.5 Å². The maximum Gasteiger partial charge on any atom is 0.233 e. The molecule has 0 radical (unpaired) electrons. The fourth-order valence-electron chi connectivity index (χ4n) is 7.39. The number of nitrogens with one attached hydrogen (secondary N) is 3. The molecular formula is C32H35N3O3. The smallest absolute Gasteiger partial charge is 0.233 e. The van der Waals surface area contributed by atoms with Gasteiger partial charge >= 0.3 is 0 Å². The SMILES string of the molecule is C=C1[C@@H](C)[C@H]2[C@H](Cc3c[nH]c4ccccc34)NC(=O)[C@]23c2ccc([nH]2)C(=O)/C(C)=C/C(C)C/C=C/[C@H]3[C@@H]1O. The second-order valence-electron chi connectivity index (χ2n) is 11.5. The van der Waals surface area contributed by atoms with Crippen LogP contribution in [0.5, 0.6) is 0 Å². The lowest BCUT2D eigenvalue weighted by atomic mass is 9.52. The van der Waals surface area contributed by atoms with Crippen molar-refractivity contribution in [2.75, 3.05) is 0 Å². The Labute approximate surface area is 222 Å². The summed E-state index contributed by atoms with van der Waals surface area (Å²) in [5.41, 5.74) is 3.73. The van der Waals surface area contributed by atoms with Crippen LogP contribution in [0, 0.1) is 23.7 Å². The van der Waals surface area contributed by atoms with Crippen LogP contribution in [-0.4, -0.2) is 38.9 Å². The third-order valence-electron chi connectivity index (χ3n) is 9.26. The molecule has 2 bridgehead atoms. The van der Waals surface area contributed by atoms with E-state index in [2.05, 4.69) is 53.9 Å². The molecule has 1 aromatic carbocycles. The molecule has 6 heteroatoms. The van der Waals surface area contributed by atoms with Crippen molar-refractivity contribution in [2.24, 2.45) is 23.7 Å². The zero-order valence-corrected chi connectivity index (χ0v) is 22.1. The molecule has 196 valence electrons. The van der Waals surface area contributed by atoms with Crippen LogP contribution in [-0.2, 0) is 16.6 Å². The quantitative estimate of drug-likeness (QED) is 0.366. The minimum atomic E-state index is -1.06. The summed E-state index contributed by atoms with van der Waals surface area (Å²) in [6.45, 7) is 10.3. The lowest BCUT2D eigenvalue weighted by Gasteiger charge is -2.50. The van der Waals surface area contributed by atoms with Gasteiger partial charge in [-0.05, 0) is 66.5 Å². The monoisotopic (exact) mass is 509 g/mol. The Morgan fingerprint density at radius 2 is 1.92 bits per heavy atom. The van der Waals surface area contributed by atoms with Crippen molar-refractivity contribution in [1.29, 1.82) is 0 Å². The summed E-state index contributed by atoms with van der Waals surface area (Å²) in [6.07, 6.45) is 8.57. The molecule has 6 rings (SSSR count). The Morgan fingerprint density at radius 1 is 1.13 bits per heavy atom. The number of benzene rings is 1. The zero-order chi connectivity index (χ0) is 26.8. The van der Waals surface area contributed by atoms with E-state index in [9.17, 15) is 14.7 Å². The van der Waals surface area contributed by atoms with Gasteiger partial charge in [-0.15, -0.1) is 0 Å². The van der Waals surface area contributed by atoms with Crippen LogP contribution in [0.1, 0.15) is 48.9 Å². The minimum Gasteiger partial charge on any atom is -0.388 e. The van der Waals surface area contributed by atoms with Gasteiger partial charge in [-0.25, -0.2) is 0 Å². The van der Waals surface area contributed by atoms with Crippen LogP contribution in [0.15, 0.2) is 78.5 Å². The summed E-state index contributed by atoms with van der Waals surface area (Å²) in [5.74, 6) is -0.848. The summed E-state index contributed by atoms with van der Waals surface area (Å²) in [5, 5.41) is 16.1. The van der Waals surface area contributed by atoms with Crippen molar-refractivity contribution in [1.82, 2.24) is 15.3 Å². The zero-order valence-electron chi connectivity index (χ0n) is 22.1. The van der Waals surface area contributed by atoms with E-state index in [4.69, 9.17) is 0 Å². The number of carbonyl (C=O) groups is 2. The van der Waals surface area contributed by atoms with Crippen LogP contribution in [0.25, 0.3) is 10.9 Å². The van der Waals surface area contributed by atoms with Crippen LogP contribution in [0.4, 0.5) is 0 Å². The molecule has 4 N–H and O–H groups in total. The highest BCUT2D eigenvalue weighted by Crippen LogP contribution is 2.56. The number of H-pyrrole nitrogens is 2. The van der Waals surface area contributed by atoms with E-state index >= 15 is 0 Å². The van der Waals surface area contributed by atoms with Crippen molar-refractivity contribution in [3.63, 3.8) is 0 Å². The number of aromatic amines is 2. The third kappa shape index (κ3) is 3.50. The highest BCUT2D eigenvalue weighted by molar-refractivity contribution is 6.07. The molecule has 3 aliphatic rings. The van der Waals surface area contributed by atoms with Gasteiger partial charge in [0.2, 0.25) is 11.7 Å². The number of rotatable bonds is 2. The summed E-state index contributed by atoms with van der Waals surface area (Å²) in [7, 11) is 0. The Morgan fingerprint density at radius 3 is 2.74 bits per heavy atom. The Kier molecular flexibility index (Phi) is 5.84. The molecule has 38 heavy (non-hydrogen) atoms. The van der Waals surface area contributed by atoms with Gasteiger partial charge < -0.3 is 20.4 Å². The number of amides is 1. The number of Topliss-reactive ketones (excluding diaryl/α,β-unsaturated/α-hetero) is 1. The summed E-state index contributed by atoms with van der Waals surface area (Å²) >= 11 is 0. The average Bonchev–Trinajstić information content (AvgIpc) is 3.61. The predicted molar refractivity (Wildman–Crippen MR) is 149 cm³/mol. The van der Waals surface area contributed by atoms with Gasteiger partial charge in [0.05, 0.1) is 11.8 Å². The summed E-state index contributed by atoms with van der Waals surface area (Å²) in [4.78, 5) is 34.3. The van der Waals surface area contributed by atoms with Gasteiger partial charge in [-0.3, -0.25) is 9.59 Å². The second kappa shape index (κ2) is 8.98. The maximum atomic E-state index is 14.3. The van der Waals surface area contributed by atoms with Crippen LogP contribution < -0.4 is 5.32 Å². The van der Waals surface area contributed by atoms with Gasteiger partial charge in [-0.1, -0.05) is 56.9 Å². The lowest BCUT2D eigenvalue weighted by molar-refractivity contribution is -0.129. The lowest BCUT2D eigenvalue weighted by Crippen LogP contribution is -2.57. The molecule has 2 aromatic heterocycles. The Bertz CT molecular complexity index is 1510. The van der Waals surface area contributed by atoms with E-state index in [1.165, 1.54) is 0 Å². The summed E-state index contributed by atoms with van der Waals surface area (Å²) in [6, 6.07) is 11.7. The van der Waals surface area contributed by atoms with Gasteiger partial charge in [0.15, 0.2) is 0 Å².